The van der Waals surface area contributed by atoms with Crippen molar-refractivity contribution in [3.8, 4) is 23.0 Å². The third kappa shape index (κ3) is 6.69. The van der Waals surface area contributed by atoms with Crippen LogP contribution < -0.4 is 24.8 Å². The van der Waals surface area contributed by atoms with E-state index in [4.69, 9.17) is 39.8 Å². The summed E-state index contributed by atoms with van der Waals surface area (Å²) in [5, 5.41) is 9.99. The molecule has 2 aromatic carbocycles. The number of urea groups is 1. The van der Waals surface area contributed by atoms with Crippen molar-refractivity contribution in [3.63, 3.8) is 0 Å². The number of fused-ring (bicyclic) bond motifs is 1. The van der Waals surface area contributed by atoms with Gasteiger partial charge in [-0.05, 0) is 31.2 Å². The highest BCUT2D eigenvalue weighted by Crippen LogP contribution is 2.38. The second-order valence-corrected chi connectivity index (χ2v) is 9.11. The molecule has 1 fully saturated rings. The second kappa shape index (κ2) is 12.2. The zero-order valence-corrected chi connectivity index (χ0v) is 22.1. The predicted molar refractivity (Wildman–Crippen MR) is 144 cm³/mol. The van der Waals surface area contributed by atoms with Gasteiger partial charge in [0.25, 0.3) is 0 Å². The number of benzene rings is 2. The summed E-state index contributed by atoms with van der Waals surface area (Å²) in [5.74, 6) is 3.04. The fraction of sp³-hybridized carbons (Fsp3) is 0.296. The molecule has 204 valence electrons. The first-order valence-corrected chi connectivity index (χ1v) is 12.6. The van der Waals surface area contributed by atoms with E-state index in [2.05, 4.69) is 20.8 Å². The quantitative estimate of drug-likeness (QED) is 0.221. The molecule has 5 rings (SSSR count). The van der Waals surface area contributed by atoms with Crippen molar-refractivity contribution in [1.82, 2.24) is 10.1 Å². The van der Waals surface area contributed by atoms with Crippen LogP contribution in [0, 0.1) is 6.92 Å². The Bertz CT molecular complexity index is 1460. The second-order valence-electron chi connectivity index (χ2n) is 8.71. The van der Waals surface area contributed by atoms with Crippen LogP contribution in [0.3, 0.4) is 0 Å². The molecule has 4 aromatic rings. The van der Waals surface area contributed by atoms with E-state index in [9.17, 15) is 4.79 Å². The number of nitrogens with one attached hydrogen (secondary N) is 2. The van der Waals surface area contributed by atoms with Crippen LogP contribution in [0.15, 0.2) is 53.2 Å². The Labute approximate surface area is 229 Å². The van der Waals surface area contributed by atoms with Crippen LogP contribution in [0.5, 0.6) is 23.0 Å². The van der Waals surface area contributed by atoms with Gasteiger partial charge in [-0.25, -0.2) is 4.79 Å². The number of ether oxygens (including phenoxy) is 5. The SMILES string of the molecule is COc1cc2c(Oc3ccc(NC(=O)Nc4cc(C)on4)c(Cl)c3)ccnc2cc1OCCCOC1COC1. The van der Waals surface area contributed by atoms with Gasteiger partial charge in [0.15, 0.2) is 17.3 Å². The molecule has 0 bridgehead atoms. The van der Waals surface area contributed by atoms with Crippen LogP contribution >= 0.6 is 11.6 Å². The highest BCUT2D eigenvalue weighted by molar-refractivity contribution is 6.34. The van der Waals surface area contributed by atoms with Gasteiger partial charge in [-0.15, -0.1) is 0 Å². The van der Waals surface area contributed by atoms with Crippen molar-refractivity contribution in [2.45, 2.75) is 19.4 Å². The molecule has 0 spiro atoms. The lowest BCUT2D eigenvalue weighted by molar-refractivity contribution is -0.130. The Kier molecular flexibility index (Phi) is 8.30. The maximum atomic E-state index is 12.3. The van der Waals surface area contributed by atoms with Crippen molar-refractivity contribution in [2.75, 3.05) is 44.2 Å². The summed E-state index contributed by atoms with van der Waals surface area (Å²) in [4.78, 5) is 16.7. The predicted octanol–water partition coefficient (Wildman–Crippen LogP) is 5.81. The largest absolute Gasteiger partial charge is 0.493 e. The Hall–Kier alpha value is -4.06. The minimum Gasteiger partial charge on any atom is -0.493 e. The van der Waals surface area contributed by atoms with Gasteiger partial charge in [-0.1, -0.05) is 16.8 Å². The zero-order chi connectivity index (χ0) is 27.2. The molecule has 11 nitrogen and oxygen atoms in total. The minimum absolute atomic E-state index is 0.194. The first kappa shape index (κ1) is 26.5. The number of carbonyl (C=O) groups excluding carboxylic acids is 1. The van der Waals surface area contributed by atoms with Crippen LogP contribution in [0.1, 0.15) is 12.2 Å². The summed E-state index contributed by atoms with van der Waals surface area (Å²) in [6.07, 6.45) is 2.58. The first-order chi connectivity index (χ1) is 19.0. The van der Waals surface area contributed by atoms with Crippen LogP contribution in [0.25, 0.3) is 10.9 Å². The van der Waals surface area contributed by atoms with Crippen molar-refractivity contribution < 1.29 is 33.0 Å². The topological polar surface area (TPSA) is 126 Å². The van der Waals surface area contributed by atoms with Gasteiger partial charge in [-0.3, -0.25) is 10.3 Å². The molecule has 1 aliphatic heterocycles. The molecule has 12 heteroatoms. The van der Waals surface area contributed by atoms with Gasteiger partial charge in [0.1, 0.15) is 23.4 Å². The first-order valence-electron chi connectivity index (χ1n) is 12.3. The van der Waals surface area contributed by atoms with E-state index in [0.29, 0.717) is 77.2 Å². The third-order valence-corrected chi connectivity index (χ3v) is 6.09. The Morgan fingerprint density at radius 2 is 1.95 bits per heavy atom. The fourth-order valence-electron chi connectivity index (χ4n) is 3.77. The van der Waals surface area contributed by atoms with Crippen LogP contribution in [0.4, 0.5) is 16.3 Å². The fourth-order valence-corrected chi connectivity index (χ4v) is 3.99. The number of hydrogen-bond donors (Lipinski definition) is 2. The van der Waals surface area contributed by atoms with Crippen molar-refractivity contribution in [1.29, 1.82) is 0 Å². The minimum atomic E-state index is -0.510. The molecule has 0 aliphatic carbocycles. The molecule has 1 aliphatic rings. The van der Waals surface area contributed by atoms with E-state index in [0.717, 1.165) is 11.8 Å². The highest BCUT2D eigenvalue weighted by atomic mass is 35.5. The number of pyridine rings is 1. The van der Waals surface area contributed by atoms with E-state index >= 15 is 0 Å². The number of carbonyl (C=O) groups is 1. The molecule has 0 radical (unpaired) electrons. The van der Waals surface area contributed by atoms with E-state index in [1.807, 2.05) is 12.1 Å². The van der Waals surface area contributed by atoms with E-state index < -0.39 is 6.03 Å². The summed E-state index contributed by atoms with van der Waals surface area (Å²) < 4.78 is 33.3. The Morgan fingerprint density at radius 1 is 1.08 bits per heavy atom. The number of amides is 2. The van der Waals surface area contributed by atoms with Crippen LogP contribution in [0.2, 0.25) is 5.02 Å². The Morgan fingerprint density at radius 3 is 2.67 bits per heavy atom. The molecule has 2 aromatic heterocycles. The van der Waals surface area contributed by atoms with Crippen molar-refractivity contribution in [2.24, 2.45) is 0 Å². The molecule has 0 unspecified atom stereocenters. The molecule has 2 N–H and O–H groups in total. The maximum absolute atomic E-state index is 12.3. The van der Waals surface area contributed by atoms with E-state index in [-0.39, 0.29) is 6.10 Å². The van der Waals surface area contributed by atoms with Gasteiger partial charge < -0.3 is 33.5 Å². The molecular weight excluding hydrogens is 528 g/mol. The molecule has 2 amide bonds. The third-order valence-electron chi connectivity index (χ3n) is 5.78. The number of aryl methyl sites for hydroxylation is 1. The Balaban J connectivity index is 1.24. The number of halogens is 1. The monoisotopic (exact) mass is 554 g/mol. The van der Waals surface area contributed by atoms with Crippen LogP contribution in [-0.4, -0.2) is 55.8 Å². The normalized spacial score (nSPS) is 13.1. The average Bonchev–Trinajstić information content (AvgIpc) is 3.30. The molecular formula is C27H27ClN4O7. The van der Waals surface area contributed by atoms with Crippen LogP contribution in [-0.2, 0) is 9.47 Å². The zero-order valence-electron chi connectivity index (χ0n) is 21.4. The van der Waals surface area contributed by atoms with Crippen molar-refractivity contribution >= 4 is 40.0 Å². The number of nitrogens with zero attached hydrogens (tertiary/aromatic N) is 2. The number of methoxy groups -OCH3 is 1. The van der Waals surface area contributed by atoms with Gasteiger partial charge >= 0.3 is 6.03 Å². The number of hydrogen-bond acceptors (Lipinski definition) is 9. The lowest BCUT2D eigenvalue weighted by atomic mass is 10.1. The summed E-state index contributed by atoms with van der Waals surface area (Å²) in [7, 11) is 1.58. The maximum Gasteiger partial charge on any atom is 0.324 e. The lowest BCUT2D eigenvalue weighted by Crippen LogP contribution is -2.36. The van der Waals surface area contributed by atoms with Gasteiger partial charge in [0.2, 0.25) is 0 Å². The standard InChI is InChI=1S/C27H27ClN4O7/c1-16-10-26(32-39-16)31-27(33)30-21-5-4-17(11-20(21)28)38-23-6-7-29-22-13-25(24(34-2)12-19(22)23)37-9-3-8-36-18-14-35-15-18/h4-7,10-13,18H,3,8-9,14-15H2,1-2H3,(H2,30,31,32,33). The summed E-state index contributed by atoms with van der Waals surface area (Å²) >= 11 is 6.41. The highest BCUT2D eigenvalue weighted by Gasteiger charge is 2.18. The van der Waals surface area contributed by atoms with Gasteiger partial charge in [-0.2, -0.15) is 0 Å². The molecule has 39 heavy (non-hydrogen) atoms. The number of aromatic nitrogens is 2. The van der Waals surface area contributed by atoms with Crippen molar-refractivity contribution in [3.05, 3.63) is 59.4 Å². The van der Waals surface area contributed by atoms with E-state index in [1.165, 1.54) is 0 Å². The van der Waals surface area contributed by atoms with E-state index in [1.54, 1.807) is 50.6 Å². The molecule has 3 heterocycles. The molecule has 1 saturated heterocycles. The smallest absolute Gasteiger partial charge is 0.324 e. The molecule has 0 atom stereocenters. The summed E-state index contributed by atoms with van der Waals surface area (Å²) in [5.41, 5.74) is 1.08. The summed E-state index contributed by atoms with van der Waals surface area (Å²) in [6, 6.07) is 11.4. The average molecular weight is 555 g/mol. The van der Waals surface area contributed by atoms with Gasteiger partial charge in [0, 0.05) is 36.2 Å². The number of anilines is 2. The number of rotatable bonds is 11. The summed E-state index contributed by atoms with van der Waals surface area (Å²) in [6.45, 7) is 4.11. The molecule has 0 saturated carbocycles. The van der Waals surface area contributed by atoms with Gasteiger partial charge in [0.05, 0.1) is 49.8 Å². The lowest BCUT2D eigenvalue weighted by Gasteiger charge is -2.25.